The van der Waals surface area contributed by atoms with Crippen molar-refractivity contribution in [1.82, 2.24) is 4.90 Å². The second kappa shape index (κ2) is 8.80. The molecule has 6 nitrogen and oxygen atoms in total. The first-order valence-corrected chi connectivity index (χ1v) is 8.32. The predicted octanol–water partition coefficient (Wildman–Crippen LogP) is 2.16. The molecule has 0 spiro atoms. The third kappa shape index (κ3) is 5.94. The molecule has 1 heterocycles. The Bertz CT molecular complexity index is 574. The fraction of sp³-hybridized carbons (Fsp3) is 0.556. The molecule has 132 valence electrons. The molecular weight excluding hydrogens is 308 g/mol. The van der Waals surface area contributed by atoms with Crippen LogP contribution >= 0.6 is 0 Å². The van der Waals surface area contributed by atoms with Crippen molar-refractivity contribution in [1.29, 1.82) is 0 Å². The second-order valence-corrected chi connectivity index (χ2v) is 6.51. The number of amides is 1. The van der Waals surface area contributed by atoms with Gasteiger partial charge in [-0.05, 0) is 24.1 Å². The number of benzene rings is 1. The summed E-state index contributed by atoms with van der Waals surface area (Å²) in [6.07, 6.45) is -0.0972. The van der Waals surface area contributed by atoms with E-state index in [0.29, 0.717) is 23.8 Å². The molecule has 1 aliphatic heterocycles. The van der Waals surface area contributed by atoms with Crippen LogP contribution in [0.2, 0.25) is 0 Å². The predicted molar refractivity (Wildman–Crippen MR) is 92.0 cm³/mol. The zero-order valence-corrected chi connectivity index (χ0v) is 14.6. The molecule has 6 heteroatoms. The summed E-state index contributed by atoms with van der Waals surface area (Å²) in [7, 11) is 0. The molecule has 0 aliphatic carbocycles. The molecular formula is C18H26N2O4. The van der Waals surface area contributed by atoms with Gasteiger partial charge in [-0.25, -0.2) is 4.79 Å². The van der Waals surface area contributed by atoms with Crippen molar-refractivity contribution < 1.29 is 19.1 Å². The summed E-state index contributed by atoms with van der Waals surface area (Å²) >= 11 is 0. The zero-order valence-electron chi connectivity index (χ0n) is 14.6. The molecule has 24 heavy (non-hydrogen) atoms. The summed E-state index contributed by atoms with van der Waals surface area (Å²) in [5.41, 5.74) is 0.991. The number of hydrogen-bond acceptors (Lipinski definition) is 5. The van der Waals surface area contributed by atoms with E-state index in [1.54, 1.807) is 24.3 Å². The van der Waals surface area contributed by atoms with Crippen molar-refractivity contribution in [2.24, 2.45) is 5.92 Å². The van der Waals surface area contributed by atoms with E-state index < -0.39 is 5.97 Å². The Morgan fingerprint density at radius 2 is 2.21 bits per heavy atom. The first kappa shape index (κ1) is 18.4. The second-order valence-electron chi connectivity index (χ2n) is 6.51. The van der Waals surface area contributed by atoms with E-state index >= 15 is 0 Å². The van der Waals surface area contributed by atoms with Gasteiger partial charge in [0.15, 0.2) is 0 Å². The summed E-state index contributed by atoms with van der Waals surface area (Å²) in [6, 6.07) is 6.71. The number of carbonyl (C=O) groups is 2. The number of nitrogens with zero attached hydrogens (tertiary/aromatic N) is 1. The number of carbonyl (C=O) groups excluding carboxylic acids is 2. The van der Waals surface area contributed by atoms with Gasteiger partial charge in [-0.1, -0.05) is 19.9 Å². The number of morpholine rings is 1. The third-order valence-corrected chi connectivity index (χ3v) is 3.67. The number of rotatable bonds is 6. The fourth-order valence-corrected chi connectivity index (χ4v) is 2.74. The third-order valence-electron chi connectivity index (χ3n) is 3.67. The molecule has 2 rings (SSSR count). The van der Waals surface area contributed by atoms with Gasteiger partial charge in [-0.3, -0.25) is 9.69 Å². The van der Waals surface area contributed by atoms with Crippen molar-refractivity contribution in [2.75, 3.05) is 38.2 Å². The van der Waals surface area contributed by atoms with Gasteiger partial charge < -0.3 is 14.8 Å². The summed E-state index contributed by atoms with van der Waals surface area (Å²) in [6.45, 7) is 9.41. The van der Waals surface area contributed by atoms with E-state index in [1.165, 1.54) is 6.92 Å². The lowest BCUT2D eigenvalue weighted by Gasteiger charge is -2.33. The number of hydrogen-bond donors (Lipinski definition) is 1. The fourth-order valence-electron chi connectivity index (χ4n) is 2.74. The molecule has 1 amide bonds. The molecule has 1 aromatic carbocycles. The standard InChI is InChI=1S/C18H26N2O4/c1-13(2)10-20-7-8-23-17(11-20)12-24-18(22)15-5-4-6-16(9-15)19-14(3)21/h4-6,9,13,17H,7-8,10-12H2,1-3H3,(H,19,21). The highest BCUT2D eigenvalue weighted by Gasteiger charge is 2.22. The average molecular weight is 334 g/mol. The van der Waals surface area contributed by atoms with Crippen LogP contribution in [0.4, 0.5) is 5.69 Å². The number of nitrogens with one attached hydrogen (secondary N) is 1. The topological polar surface area (TPSA) is 67.9 Å². The van der Waals surface area contributed by atoms with Crippen molar-refractivity contribution in [3.63, 3.8) is 0 Å². The maximum atomic E-state index is 12.2. The molecule has 0 saturated carbocycles. The Balaban J connectivity index is 1.85. The van der Waals surface area contributed by atoms with Gasteiger partial charge in [0.2, 0.25) is 5.91 Å². The normalized spacial score (nSPS) is 18.4. The highest BCUT2D eigenvalue weighted by Crippen LogP contribution is 2.13. The van der Waals surface area contributed by atoms with Crippen LogP contribution in [-0.4, -0.2) is 55.7 Å². The first-order valence-electron chi connectivity index (χ1n) is 8.32. The molecule has 1 saturated heterocycles. The van der Waals surface area contributed by atoms with Gasteiger partial charge in [0, 0.05) is 32.2 Å². The Labute approximate surface area is 143 Å². The van der Waals surface area contributed by atoms with E-state index in [4.69, 9.17) is 9.47 Å². The van der Waals surface area contributed by atoms with Gasteiger partial charge >= 0.3 is 5.97 Å². The minimum absolute atomic E-state index is 0.0972. The lowest BCUT2D eigenvalue weighted by Crippen LogP contribution is -2.45. The van der Waals surface area contributed by atoms with E-state index in [2.05, 4.69) is 24.1 Å². The lowest BCUT2D eigenvalue weighted by atomic mass is 10.2. The monoisotopic (exact) mass is 334 g/mol. The molecule has 0 bridgehead atoms. The molecule has 0 aromatic heterocycles. The molecule has 1 fully saturated rings. The summed E-state index contributed by atoms with van der Waals surface area (Å²) in [5.74, 6) is 0.0102. The Kier molecular flexibility index (Phi) is 6.75. The van der Waals surface area contributed by atoms with E-state index in [0.717, 1.165) is 19.6 Å². The van der Waals surface area contributed by atoms with Crippen molar-refractivity contribution in [3.05, 3.63) is 29.8 Å². The Morgan fingerprint density at radius 3 is 2.92 bits per heavy atom. The van der Waals surface area contributed by atoms with Crippen LogP contribution in [0.25, 0.3) is 0 Å². The van der Waals surface area contributed by atoms with Crippen LogP contribution in [-0.2, 0) is 14.3 Å². The van der Waals surface area contributed by atoms with Crippen LogP contribution in [0.3, 0.4) is 0 Å². The summed E-state index contributed by atoms with van der Waals surface area (Å²) in [5, 5.41) is 2.65. The van der Waals surface area contributed by atoms with Gasteiger partial charge in [0.05, 0.1) is 12.2 Å². The number of anilines is 1. The maximum Gasteiger partial charge on any atom is 0.338 e. The molecule has 1 aromatic rings. The van der Waals surface area contributed by atoms with Crippen LogP contribution in [0.15, 0.2) is 24.3 Å². The first-order chi connectivity index (χ1) is 11.4. The summed E-state index contributed by atoms with van der Waals surface area (Å²) < 4.78 is 11.1. The zero-order chi connectivity index (χ0) is 17.5. The van der Waals surface area contributed by atoms with Crippen LogP contribution < -0.4 is 5.32 Å². The Hall–Kier alpha value is -1.92. The highest BCUT2D eigenvalue weighted by molar-refractivity contribution is 5.93. The minimum atomic E-state index is -0.410. The van der Waals surface area contributed by atoms with Gasteiger partial charge in [-0.15, -0.1) is 0 Å². The number of esters is 1. The molecule has 1 N–H and O–H groups in total. The SMILES string of the molecule is CC(=O)Nc1cccc(C(=O)OCC2CN(CC(C)C)CCO2)c1. The summed E-state index contributed by atoms with van der Waals surface area (Å²) in [4.78, 5) is 25.6. The largest absolute Gasteiger partial charge is 0.459 e. The molecule has 1 aliphatic rings. The van der Waals surface area contributed by atoms with E-state index in [-0.39, 0.29) is 18.6 Å². The molecule has 1 unspecified atom stereocenters. The van der Waals surface area contributed by atoms with Crippen molar-refractivity contribution >= 4 is 17.6 Å². The van der Waals surface area contributed by atoms with E-state index in [9.17, 15) is 9.59 Å². The van der Waals surface area contributed by atoms with Gasteiger partial charge in [0.25, 0.3) is 0 Å². The maximum absolute atomic E-state index is 12.2. The van der Waals surface area contributed by atoms with Crippen LogP contribution in [0.5, 0.6) is 0 Å². The number of ether oxygens (including phenoxy) is 2. The van der Waals surface area contributed by atoms with Crippen molar-refractivity contribution in [2.45, 2.75) is 26.9 Å². The van der Waals surface area contributed by atoms with E-state index in [1.807, 2.05) is 0 Å². The Morgan fingerprint density at radius 1 is 1.42 bits per heavy atom. The minimum Gasteiger partial charge on any atom is -0.459 e. The molecule has 0 radical (unpaired) electrons. The highest BCUT2D eigenvalue weighted by atomic mass is 16.6. The van der Waals surface area contributed by atoms with Crippen molar-refractivity contribution in [3.8, 4) is 0 Å². The van der Waals surface area contributed by atoms with Gasteiger partial charge in [-0.2, -0.15) is 0 Å². The van der Waals surface area contributed by atoms with Crippen LogP contribution in [0, 0.1) is 5.92 Å². The van der Waals surface area contributed by atoms with Gasteiger partial charge in [0.1, 0.15) is 12.7 Å². The average Bonchev–Trinajstić information content (AvgIpc) is 2.52. The lowest BCUT2D eigenvalue weighted by molar-refractivity contribution is -0.114. The molecule has 1 atom stereocenters. The smallest absolute Gasteiger partial charge is 0.338 e. The quantitative estimate of drug-likeness (QED) is 0.808. The van der Waals surface area contributed by atoms with Crippen LogP contribution in [0.1, 0.15) is 31.1 Å².